The van der Waals surface area contributed by atoms with Crippen LogP contribution in [-0.4, -0.2) is 82.4 Å². The Morgan fingerprint density at radius 1 is 1.02 bits per heavy atom. The van der Waals surface area contributed by atoms with Crippen molar-refractivity contribution in [3.63, 3.8) is 0 Å². The maximum absolute atomic E-state index is 12.7. The number of hydrogen-bond donors (Lipinski definition) is 2. The summed E-state index contributed by atoms with van der Waals surface area (Å²) in [6.07, 6.45) is -1.66. The Hall–Kier alpha value is -3.24. The van der Waals surface area contributed by atoms with Gasteiger partial charge in [0.15, 0.2) is 0 Å². The zero-order valence-electron chi connectivity index (χ0n) is 26.4. The van der Waals surface area contributed by atoms with Crippen LogP contribution in [0, 0.1) is 18.3 Å². The number of aryl methyl sites for hydroxylation is 2. The van der Waals surface area contributed by atoms with Crippen molar-refractivity contribution in [2.75, 3.05) is 51.1 Å². The Morgan fingerprint density at radius 2 is 1.78 bits per heavy atom. The van der Waals surface area contributed by atoms with Crippen LogP contribution in [0.25, 0.3) is 21.1 Å². The molecule has 5 heterocycles. The molecular formula is C33H43F3N8S. The van der Waals surface area contributed by atoms with Crippen LogP contribution in [0.15, 0.2) is 30.6 Å². The number of likely N-dealkylation sites (tertiary alicyclic amines) is 1. The predicted octanol–water partition coefficient (Wildman–Crippen LogP) is 6.33. The smallest absolute Gasteiger partial charge is 0.367 e. The van der Waals surface area contributed by atoms with Gasteiger partial charge >= 0.3 is 6.18 Å². The van der Waals surface area contributed by atoms with Crippen molar-refractivity contribution < 1.29 is 13.2 Å². The van der Waals surface area contributed by atoms with Gasteiger partial charge in [-0.2, -0.15) is 18.4 Å². The van der Waals surface area contributed by atoms with Gasteiger partial charge in [0, 0.05) is 87.1 Å². The Bertz CT molecular complexity index is 1610. The molecule has 0 amide bonds. The van der Waals surface area contributed by atoms with Crippen molar-refractivity contribution in [2.45, 2.75) is 71.8 Å². The van der Waals surface area contributed by atoms with Gasteiger partial charge in [-0.15, -0.1) is 11.3 Å². The highest BCUT2D eigenvalue weighted by atomic mass is 32.1. The summed E-state index contributed by atoms with van der Waals surface area (Å²) in [5.41, 5.74) is 4.36. The largest absolute Gasteiger partial charge is 0.389 e. The second kappa shape index (κ2) is 14.9. The molecule has 0 aliphatic carbocycles. The third kappa shape index (κ3) is 8.14. The number of fused-ring (bicyclic) bond motifs is 2. The van der Waals surface area contributed by atoms with Crippen LogP contribution in [0.2, 0.25) is 0 Å². The van der Waals surface area contributed by atoms with Gasteiger partial charge in [-0.3, -0.25) is 9.80 Å². The van der Waals surface area contributed by atoms with Crippen molar-refractivity contribution in [3.05, 3.63) is 52.3 Å². The lowest BCUT2D eigenvalue weighted by Gasteiger charge is -2.33. The summed E-state index contributed by atoms with van der Waals surface area (Å²) in [6, 6.07) is 10.9. The van der Waals surface area contributed by atoms with Crippen LogP contribution in [0.5, 0.6) is 0 Å². The predicted molar refractivity (Wildman–Crippen MR) is 176 cm³/mol. The average Bonchev–Trinajstić information content (AvgIpc) is 3.64. The molecule has 6 rings (SSSR count). The molecule has 4 aromatic rings. The molecule has 0 atom stereocenters. The van der Waals surface area contributed by atoms with Crippen molar-refractivity contribution in [3.8, 4) is 6.07 Å². The van der Waals surface area contributed by atoms with Crippen LogP contribution >= 0.6 is 11.3 Å². The van der Waals surface area contributed by atoms with Crippen molar-refractivity contribution >= 4 is 38.3 Å². The Labute approximate surface area is 267 Å². The number of benzene rings is 1. The molecule has 12 heteroatoms. The first-order chi connectivity index (χ1) is 21.8. The monoisotopic (exact) mass is 640 g/mol. The van der Waals surface area contributed by atoms with Crippen molar-refractivity contribution in [1.82, 2.24) is 29.7 Å². The van der Waals surface area contributed by atoms with E-state index in [9.17, 15) is 18.4 Å². The summed E-state index contributed by atoms with van der Waals surface area (Å²) in [4.78, 5) is 15.0. The Morgan fingerprint density at radius 3 is 2.49 bits per heavy atom. The molecule has 2 saturated heterocycles. The van der Waals surface area contributed by atoms with Gasteiger partial charge in [-0.1, -0.05) is 19.9 Å². The molecule has 0 saturated carbocycles. The minimum absolute atomic E-state index is 0.0351. The van der Waals surface area contributed by atoms with Crippen LogP contribution in [0.1, 0.15) is 54.8 Å². The van der Waals surface area contributed by atoms with Crippen LogP contribution in [0.3, 0.4) is 0 Å². The molecule has 2 fully saturated rings. The van der Waals surface area contributed by atoms with E-state index in [2.05, 4.69) is 60.1 Å². The molecule has 1 aromatic carbocycles. The second-order valence-electron chi connectivity index (χ2n) is 11.6. The number of hydrogen-bond acceptors (Lipinski definition) is 8. The first kappa shape index (κ1) is 33.1. The van der Waals surface area contributed by atoms with E-state index in [1.165, 1.54) is 28.8 Å². The fourth-order valence-electron chi connectivity index (χ4n) is 6.28. The molecule has 0 radical (unpaired) electrons. The lowest BCUT2D eigenvalue weighted by molar-refractivity contribution is -0.133. The molecule has 2 N–H and O–H groups in total. The number of nitrogens with zero attached hydrogens (tertiary/aromatic N) is 6. The van der Waals surface area contributed by atoms with E-state index >= 15 is 0 Å². The molecule has 45 heavy (non-hydrogen) atoms. The van der Waals surface area contributed by atoms with Gasteiger partial charge < -0.3 is 15.2 Å². The quantitative estimate of drug-likeness (QED) is 0.221. The van der Waals surface area contributed by atoms with Crippen molar-refractivity contribution in [1.29, 1.82) is 5.26 Å². The summed E-state index contributed by atoms with van der Waals surface area (Å²) >= 11 is 1.31. The van der Waals surface area contributed by atoms with Crippen molar-refractivity contribution in [2.24, 2.45) is 0 Å². The maximum atomic E-state index is 12.7. The number of nitriles is 1. The summed E-state index contributed by atoms with van der Waals surface area (Å²) in [5.74, 6) is 0.703. The lowest BCUT2D eigenvalue weighted by Crippen LogP contribution is -2.44. The number of halogens is 3. The fourth-order valence-corrected chi connectivity index (χ4v) is 7.28. The van der Waals surface area contributed by atoms with Crippen LogP contribution in [-0.2, 0) is 19.5 Å². The van der Waals surface area contributed by atoms with Gasteiger partial charge in [0.25, 0.3) is 0 Å². The average molecular weight is 641 g/mol. The highest BCUT2D eigenvalue weighted by molar-refractivity contribution is 7.18. The number of thiophene rings is 1. The third-order valence-corrected chi connectivity index (χ3v) is 9.89. The zero-order valence-corrected chi connectivity index (χ0v) is 27.2. The first-order valence-electron chi connectivity index (χ1n) is 16.0. The van der Waals surface area contributed by atoms with E-state index < -0.39 is 12.6 Å². The molecule has 8 nitrogen and oxygen atoms in total. The summed E-state index contributed by atoms with van der Waals surface area (Å²) in [5, 5.41) is 18.8. The number of piperazine rings is 1. The molecule has 242 valence electrons. The zero-order chi connectivity index (χ0) is 32.0. The van der Waals surface area contributed by atoms with Gasteiger partial charge in [0.1, 0.15) is 28.7 Å². The van der Waals surface area contributed by atoms with Crippen LogP contribution in [0.4, 0.5) is 19.0 Å². The van der Waals surface area contributed by atoms with Gasteiger partial charge in [0.05, 0.1) is 5.39 Å². The lowest BCUT2D eigenvalue weighted by atomic mass is 10.0. The number of alkyl halides is 3. The van der Waals surface area contributed by atoms with E-state index in [4.69, 9.17) is 0 Å². The number of piperidine rings is 1. The molecule has 0 spiro atoms. The van der Waals surface area contributed by atoms with Gasteiger partial charge in [-0.05, 0) is 55.5 Å². The number of aromatic nitrogens is 3. The minimum Gasteiger partial charge on any atom is -0.367 e. The minimum atomic E-state index is -4.17. The van der Waals surface area contributed by atoms with Gasteiger partial charge in [-0.25, -0.2) is 9.97 Å². The standard InChI is InChI=1S/C31H37F3N8S.C2H6/c1-21-22(2-3-28-26(21)16-24(18-35)42(28)15-14-40-12-8-36-9-13-40)19-41-10-5-23(6-11-41)39-29-27-17-25(4-7-31(32,33)34)43-30(27)38-20-37-29;1-2/h2-3,16-17,20,23,36H,4-15,19H2,1H3,(H,37,38,39);1-2H3. The SMILES string of the molecule is CC.Cc1c(CN2CCC(Nc3ncnc4sc(CCC(F)(F)F)cc34)CC2)ccc2c1cc(C#N)n2CCN1CCNCC1. The van der Waals surface area contributed by atoms with Crippen LogP contribution < -0.4 is 10.6 Å². The molecule has 0 unspecified atom stereocenters. The van der Waals surface area contributed by atoms with E-state index in [0.717, 1.165) is 92.9 Å². The first-order valence-corrected chi connectivity index (χ1v) is 16.8. The molecule has 0 bridgehead atoms. The van der Waals surface area contributed by atoms with E-state index in [-0.39, 0.29) is 12.5 Å². The number of rotatable bonds is 9. The highest BCUT2D eigenvalue weighted by Gasteiger charge is 2.27. The normalized spacial score (nSPS) is 16.9. The molecular weight excluding hydrogens is 597 g/mol. The molecule has 2 aliphatic rings. The Balaban J connectivity index is 0.00000196. The summed E-state index contributed by atoms with van der Waals surface area (Å²) in [7, 11) is 0. The second-order valence-corrected chi connectivity index (χ2v) is 12.7. The third-order valence-electron chi connectivity index (χ3n) is 8.79. The molecule has 2 aliphatic heterocycles. The fraction of sp³-hybridized carbons (Fsp3) is 0.545. The maximum Gasteiger partial charge on any atom is 0.389 e. The Kier molecular flexibility index (Phi) is 11.0. The summed E-state index contributed by atoms with van der Waals surface area (Å²) < 4.78 is 40.3. The topological polar surface area (TPSA) is 85.0 Å². The van der Waals surface area contributed by atoms with E-state index in [1.54, 1.807) is 6.07 Å². The van der Waals surface area contributed by atoms with Gasteiger partial charge in [0.2, 0.25) is 0 Å². The van der Waals surface area contributed by atoms with E-state index in [1.807, 2.05) is 19.9 Å². The number of nitrogens with one attached hydrogen (secondary N) is 2. The highest BCUT2D eigenvalue weighted by Crippen LogP contribution is 2.33. The summed E-state index contributed by atoms with van der Waals surface area (Å²) in [6.45, 7) is 14.7. The number of anilines is 1. The van der Waals surface area contributed by atoms with E-state index in [0.29, 0.717) is 16.4 Å². The molecule has 3 aromatic heterocycles.